The average Bonchev–Trinajstić information content (AvgIpc) is 3.35. The van der Waals surface area contributed by atoms with Gasteiger partial charge in [0.05, 0.1) is 23.1 Å². The van der Waals surface area contributed by atoms with Crippen LogP contribution in [-0.2, 0) is 43.7 Å². The van der Waals surface area contributed by atoms with Gasteiger partial charge < -0.3 is 24.8 Å². The van der Waals surface area contributed by atoms with Crippen LogP contribution in [0.15, 0.2) is 170 Å². The Morgan fingerprint density at radius 1 is 0.542 bits per heavy atom. The number of amides is 2. The first-order valence-corrected chi connectivity index (χ1v) is 25.6. The number of thioether (sulfide) groups is 1. The number of carbonyl (C=O) groups is 5. The summed E-state index contributed by atoms with van der Waals surface area (Å²) in [4.78, 5) is 71.8. The van der Waals surface area contributed by atoms with Crippen molar-refractivity contribution >= 4 is 53.1 Å². The van der Waals surface area contributed by atoms with Gasteiger partial charge in [0.2, 0.25) is 5.91 Å². The zero-order valence-corrected chi connectivity index (χ0v) is 43.9. The molecule has 0 spiro atoms. The highest BCUT2D eigenvalue weighted by molar-refractivity contribution is 8.00. The van der Waals surface area contributed by atoms with E-state index in [1.807, 2.05) is 165 Å². The van der Waals surface area contributed by atoms with Crippen LogP contribution < -0.4 is 10.6 Å². The number of benzene rings is 6. The van der Waals surface area contributed by atoms with Crippen LogP contribution in [0, 0.1) is 12.8 Å². The van der Waals surface area contributed by atoms with Crippen LogP contribution in [0.1, 0.15) is 107 Å². The van der Waals surface area contributed by atoms with Gasteiger partial charge in [-0.3, -0.25) is 19.2 Å². The molecule has 0 aliphatic heterocycles. The number of nitrogens with one attached hydrogen (secondary N) is 2. The molecule has 2 N–H and O–H groups in total. The molecule has 0 saturated carbocycles. The molecule has 0 aliphatic carbocycles. The molecule has 6 aromatic carbocycles. The van der Waals surface area contributed by atoms with Crippen LogP contribution >= 0.6 is 23.4 Å². The minimum atomic E-state index is -1.63. The average molecular weight is 1010 g/mol. The van der Waals surface area contributed by atoms with Gasteiger partial charge in [0.1, 0.15) is 17.2 Å². The Kier molecular flexibility index (Phi) is 18.3. The van der Waals surface area contributed by atoms with Crippen molar-refractivity contribution in [1.29, 1.82) is 0 Å². The zero-order valence-electron chi connectivity index (χ0n) is 42.3. The summed E-state index contributed by atoms with van der Waals surface area (Å²) in [6.07, 6.45) is -1.73. The summed E-state index contributed by atoms with van der Waals surface area (Å²) in [5, 5.41) is 5.69. The van der Waals surface area contributed by atoms with Gasteiger partial charge in [0.25, 0.3) is 0 Å². The predicted octanol–water partition coefficient (Wildman–Crippen LogP) is 12.3. The fraction of sp³-hybridized carbons (Fsp3) is 0.317. The van der Waals surface area contributed by atoms with Crippen LogP contribution in [0.2, 0.25) is 5.02 Å². The number of Topliss-reactive ketones (excluding diaryl/α,β-unsaturated/α-hetero) is 1. The molecular formula is C60H65ClN2O8S. The van der Waals surface area contributed by atoms with Crippen molar-refractivity contribution in [2.75, 3.05) is 5.75 Å². The van der Waals surface area contributed by atoms with Crippen molar-refractivity contribution in [3.8, 4) is 0 Å². The lowest BCUT2D eigenvalue weighted by molar-refractivity contribution is -0.159. The lowest BCUT2D eigenvalue weighted by Crippen LogP contribution is -2.53. The third kappa shape index (κ3) is 13.8. The molecule has 0 saturated heterocycles. The molecule has 2 amide bonds. The lowest BCUT2D eigenvalue weighted by atomic mass is 9.79. The van der Waals surface area contributed by atoms with E-state index < -0.39 is 82.1 Å². The molecular weight excluding hydrogens is 944 g/mol. The molecule has 10 nitrogen and oxygen atoms in total. The maximum absolute atomic E-state index is 15.9. The largest absolute Gasteiger partial charge is 0.460 e. The van der Waals surface area contributed by atoms with E-state index in [0.717, 1.165) is 22.3 Å². The van der Waals surface area contributed by atoms with Crippen molar-refractivity contribution in [2.24, 2.45) is 5.92 Å². The first-order valence-electron chi connectivity index (χ1n) is 24.2. The van der Waals surface area contributed by atoms with Crippen molar-refractivity contribution in [3.05, 3.63) is 214 Å². The van der Waals surface area contributed by atoms with E-state index >= 15 is 9.59 Å². The maximum atomic E-state index is 15.9. The van der Waals surface area contributed by atoms with E-state index in [2.05, 4.69) is 10.6 Å². The van der Waals surface area contributed by atoms with Gasteiger partial charge in [0, 0.05) is 33.9 Å². The van der Waals surface area contributed by atoms with Gasteiger partial charge in [-0.05, 0) is 77.6 Å². The molecule has 0 fully saturated rings. The van der Waals surface area contributed by atoms with Crippen molar-refractivity contribution < 1.29 is 38.2 Å². The highest BCUT2D eigenvalue weighted by Crippen LogP contribution is 2.50. The van der Waals surface area contributed by atoms with Gasteiger partial charge in [-0.2, -0.15) is 0 Å². The van der Waals surface area contributed by atoms with Crippen LogP contribution in [0.4, 0.5) is 4.79 Å². The van der Waals surface area contributed by atoms with Crippen LogP contribution in [0.25, 0.3) is 0 Å². The molecule has 72 heavy (non-hydrogen) atoms. The number of ether oxygens (including phenoxy) is 3. The van der Waals surface area contributed by atoms with Crippen molar-refractivity contribution in [1.82, 2.24) is 10.6 Å². The summed E-state index contributed by atoms with van der Waals surface area (Å²) in [7, 11) is 0. The Labute approximate surface area is 433 Å². The summed E-state index contributed by atoms with van der Waals surface area (Å²) in [6.45, 7) is 13.9. The second kappa shape index (κ2) is 24.2. The Hall–Kier alpha value is -6.69. The monoisotopic (exact) mass is 1010 g/mol. The molecule has 4 atom stereocenters. The minimum absolute atomic E-state index is 0.00936. The molecule has 0 aromatic heterocycles. The Morgan fingerprint density at radius 2 is 1.00 bits per heavy atom. The normalized spacial score (nSPS) is 13.8. The number of halogens is 1. The van der Waals surface area contributed by atoms with Crippen LogP contribution in [-0.4, -0.2) is 58.8 Å². The third-order valence-corrected chi connectivity index (χ3v) is 13.9. The summed E-state index contributed by atoms with van der Waals surface area (Å²) < 4.78 is 17.3. The molecule has 6 rings (SSSR count). The van der Waals surface area contributed by atoms with E-state index in [4.69, 9.17) is 25.8 Å². The molecule has 6 aromatic rings. The quantitative estimate of drug-likeness (QED) is 0.0435. The van der Waals surface area contributed by atoms with Crippen molar-refractivity contribution in [2.45, 2.75) is 108 Å². The summed E-state index contributed by atoms with van der Waals surface area (Å²) in [6, 6.07) is 51.5. The molecule has 0 heterocycles. The zero-order chi connectivity index (χ0) is 52.1. The minimum Gasteiger partial charge on any atom is -0.460 e. The summed E-state index contributed by atoms with van der Waals surface area (Å²) in [5.74, 6) is -4.05. The van der Waals surface area contributed by atoms with Gasteiger partial charge >= 0.3 is 18.0 Å². The van der Waals surface area contributed by atoms with E-state index in [-0.39, 0.29) is 12.2 Å². The van der Waals surface area contributed by atoms with Gasteiger partial charge in [-0.15, -0.1) is 11.8 Å². The Bertz CT molecular complexity index is 2670. The molecule has 0 aliphatic rings. The van der Waals surface area contributed by atoms with Crippen LogP contribution in [0.5, 0.6) is 0 Å². The standard InChI is InChI=1S/C60H65ClN2O8S/c1-9-50(63-56(68)71-58(6,7)8)54(66)62-51(39-53(65)69-57(3,4)5)52(64)38-42(40-72-60(45-26-16-11-17-27-45,46-28-18-12-19-29-46)47-30-20-13-21-31-47)55(67)70-59(43-24-14-10-15-25-43,44-36-34-41(2)35-37-44)48-32-22-23-33-49(48)61/h10-37,42,50-51H,9,38-40H2,1-8H3,(H,62,66)(H,63,68)/t42-,50-,51-,59?/m0/s1. The fourth-order valence-corrected chi connectivity index (χ4v) is 10.4. The molecule has 1 unspecified atom stereocenters. The molecule has 0 radical (unpaired) electrons. The molecule has 12 heteroatoms. The predicted molar refractivity (Wildman–Crippen MR) is 286 cm³/mol. The number of ketones is 1. The number of carbonyl (C=O) groups excluding carboxylic acids is 5. The van der Waals surface area contributed by atoms with Gasteiger partial charge in [-0.25, -0.2) is 4.79 Å². The van der Waals surface area contributed by atoms with Crippen molar-refractivity contribution in [3.63, 3.8) is 0 Å². The second-order valence-electron chi connectivity index (χ2n) is 19.7. The fourth-order valence-electron chi connectivity index (χ4n) is 8.55. The Morgan fingerprint density at radius 3 is 1.47 bits per heavy atom. The topological polar surface area (TPSA) is 137 Å². The van der Waals surface area contributed by atoms with E-state index in [9.17, 15) is 14.4 Å². The third-order valence-electron chi connectivity index (χ3n) is 11.9. The first kappa shape index (κ1) is 54.6. The Balaban J connectivity index is 1.51. The smallest absolute Gasteiger partial charge is 0.408 e. The van der Waals surface area contributed by atoms with Crippen LogP contribution in [0.3, 0.4) is 0 Å². The number of esters is 2. The van der Waals surface area contributed by atoms with Gasteiger partial charge in [-0.1, -0.05) is 188 Å². The van der Waals surface area contributed by atoms with E-state index in [1.54, 1.807) is 60.6 Å². The lowest BCUT2D eigenvalue weighted by Gasteiger charge is -2.38. The first-order chi connectivity index (χ1) is 34.3. The van der Waals surface area contributed by atoms with E-state index in [0.29, 0.717) is 21.7 Å². The second-order valence-corrected chi connectivity index (χ2v) is 21.4. The maximum Gasteiger partial charge on any atom is 0.408 e. The number of hydrogen-bond acceptors (Lipinski definition) is 9. The van der Waals surface area contributed by atoms with Gasteiger partial charge in [0.15, 0.2) is 11.4 Å². The summed E-state index contributed by atoms with van der Waals surface area (Å²) in [5.41, 5.74) is 2.09. The highest BCUT2D eigenvalue weighted by Gasteiger charge is 2.46. The number of aryl methyl sites for hydroxylation is 1. The highest BCUT2D eigenvalue weighted by atomic mass is 35.5. The molecule has 376 valence electrons. The number of hydrogen-bond donors (Lipinski definition) is 2. The number of rotatable bonds is 20. The van der Waals surface area contributed by atoms with E-state index in [1.165, 1.54) is 11.8 Å². The number of alkyl carbamates (subject to hydrolysis) is 1. The SMILES string of the molecule is CC[C@H](NC(=O)OC(C)(C)C)C(=O)N[C@@H](CC(=O)OC(C)(C)C)C(=O)C[C@@H](CSC(c1ccccc1)(c1ccccc1)c1ccccc1)C(=O)OC(c1ccccc1)(c1ccc(C)cc1)c1ccccc1Cl. The molecule has 0 bridgehead atoms. The summed E-state index contributed by atoms with van der Waals surface area (Å²) >= 11 is 8.60.